The molecule has 0 fully saturated rings. The van der Waals surface area contributed by atoms with Crippen molar-refractivity contribution in [1.82, 2.24) is 24.5 Å². The van der Waals surface area contributed by atoms with Gasteiger partial charge < -0.3 is 5.32 Å². The summed E-state index contributed by atoms with van der Waals surface area (Å²) in [5.41, 5.74) is 5.64. The largest absolute Gasteiger partial charge is 0.351 e. The van der Waals surface area contributed by atoms with E-state index in [-0.39, 0.29) is 17.2 Å². The van der Waals surface area contributed by atoms with E-state index in [9.17, 15) is 9.59 Å². The number of thioether (sulfide) groups is 1. The minimum atomic E-state index is -0.151. The SMILES string of the molecule is Cc1ccc(CNC(=O)CSc2nnc3n(-c4cccc(C)c4C)c(=O)c4ccccc4n23)cc1. The van der Waals surface area contributed by atoms with Gasteiger partial charge in [-0.1, -0.05) is 65.9 Å². The Balaban J connectivity index is 1.50. The lowest BCUT2D eigenvalue weighted by Crippen LogP contribution is -2.25. The van der Waals surface area contributed by atoms with E-state index in [0.29, 0.717) is 28.4 Å². The Labute approximate surface area is 206 Å². The van der Waals surface area contributed by atoms with E-state index in [4.69, 9.17) is 0 Å². The molecule has 5 aromatic rings. The lowest BCUT2D eigenvalue weighted by molar-refractivity contribution is -0.118. The molecule has 1 N–H and O–H groups in total. The van der Waals surface area contributed by atoms with Crippen LogP contribution in [0, 0.1) is 20.8 Å². The molecule has 2 aromatic heterocycles. The van der Waals surface area contributed by atoms with Crippen molar-refractivity contribution in [2.75, 3.05) is 5.75 Å². The molecule has 0 saturated carbocycles. The molecule has 8 heteroatoms. The minimum Gasteiger partial charge on any atom is -0.351 e. The van der Waals surface area contributed by atoms with Crippen LogP contribution in [-0.4, -0.2) is 30.8 Å². The second kappa shape index (κ2) is 9.38. The zero-order chi connectivity index (χ0) is 24.5. The average Bonchev–Trinajstić information content (AvgIpc) is 3.29. The van der Waals surface area contributed by atoms with Crippen molar-refractivity contribution in [3.8, 4) is 5.69 Å². The number of nitrogens with zero attached hydrogens (tertiary/aromatic N) is 4. The predicted octanol–water partition coefficient (Wildman–Crippen LogP) is 4.37. The highest BCUT2D eigenvalue weighted by Crippen LogP contribution is 2.25. The quantitative estimate of drug-likeness (QED) is 0.363. The van der Waals surface area contributed by atoms with Crippen LogP contribution in [0.5, 0.6) is 0 Å². The fourth-order valence-electron chi connectivity index (χ4n) is 4.05. The summed E-state index contributed by atoms with van der Waals surface area (Å²) < 4.78 is 3.47. The van der Waals surface area contributed by atoms with Crippen LogP contribution in [0.2, 0.25) is 0 Å². The zero-order valence-corrected chi connectivity index (χ0v) is 20.6. The number of hydrogen-bond donors (Lipinski definition) is 1. The van der Waals surface area contributed by atoms with Gasteiger partial charge in [-0.15, -0.1) is 10.2 Å². The second-order valence-corrected chi connectivity index (χ2v) is 9.49. The monoisotopic (exact) mass is 483 g/mol. The standard InChI is InChI=1S/C27H25N5O2S/c1-17-11-13-20(14-12-17)15-28-24(33)16-35-27-30-29-26-31(22-10-6-7-18(2)19(22)3)25(34)21-8-4-5-9-23(21)32(26)27/h4-14H,15-16H2,1-3H3,(H,28,33). The van der Waals surface area contributed by atoms with Crippen molar-refractivity contribution in [2.45, 2.75) is 32.5 Å². The van der Waals surface area contributed by atoms with Crippen molar-refractivity contribution >= 4 is 34.3 Å². The number of fused-ring (bicyclic) bond motifs is 3. The van der Waals surface area contributed by atoms with Gasteiger partial charge in [0.1, 0.15) is 0 Å². The number of amides is 1. The molecule has 5 rings (SSSR count). The van der Waals surface area contributed by atoms with Gasteiger partial charge in [0.25, 0.3) is 5.56 Å². The molecule has 0 aliphatic carbocycles. The molecule has 2 heterocycles. The van der Waals surface area contributed by atoms with Crippen LogP contribution in [0.3, 0.4) is 0 Å². The zero-order valence-electron chi connectivity index (χ0n) is 19.8. The molecule has 1 amide bonds. The van der Waals surface area contributed by atoms with Crippen LogP contribution in [0.1, 0.15) is 22.3 Å². The molecule has 0 radical (unpaired) electrons. The molecule has 0 saturated heterocycles. The van der Waals surface area contributed by atoms with Crippen LogP contribution in [0.4, 0.5) is 0 Å². The molecule has 3 aromatic carbocycles. The van der Waals surface area contributed by atoms with Crippen LogP contribution >= 0.6 is 11.8 Å². The number of para-hydroxylation sites is 1. The summed E-state index contributed by atoms with van der Waals surface area (Å²) in [7, 11) is 0. The maximum Gasteiger partial charge on any atom is 0.267 e. The number of nitrogens with one attached hydrogen (secondary N) is 1. The molecule has 35 heavy (non-hydrogen) atoms. The van der Waals surface area contributed by atoms with Crippen LogP contribution < -0.4 is 10.9 Å². The number of aryl methyl sites for hydroxylation is 2. The first-order valence-corrected chi connectivity index (χ1v) is 12.3. The molecule has 0 aliphatic rings. The molecule has 0 bridgehead atoms. The highest BCUT2D eigenvalue weighted by Gasteiger charge is 2.19. The fraction of sp³-hybridized carbons (Fsp3) is 0.185. The van der Waals surface area contributed by atoms with E-state index in [2.05, 4.69) is 15.5 Å². The predicted molar refractivity (Wildman–Crippen MR) is 139 cm³/mol. The third-order valence-electron chi connectivity index (χ3n) is 6.15. The van der Waals surface area contributed by atoms with Crippen molar-refractivity contribution < 1.29 is 4.79 Å². The van der Waals surface area contributed by atoms with Crippen LogP contribution in [0.25, 0.3) is 22.4 Å². The third kappa shape index (κ3) is 4.33. The Morgan fingerprint density at radius 3 is 2.51 bits per heavy atom. The molecule has 0 atom stereocenters. The smallest absolute Gasteiger partial charge is 0.267 e. The molecular weight excluding hydrogens is 458 g/mol. The molecule has 0 unspecified atom stereocenters. The highest BCUT2D eigenvalue weighted by atomic mass is 32.2. The van der Waals surface area contributed by atoms with Gasteiger partial charge in [0.2, 0.25) is 11.7 Å². The summed E-state index contributed by atoms with van der Waals surface area (Å²) in [6.45, 7) is 6.51. The molecule has 176 valence electrons. The van der Waals surface area contributed by atoms with Gasteiger partial charge in [-0.2, -0.15) is 0 Å². The summed E-state index contributed by atoms with van der Waals surface area (Å²) in [6.07, 6.45) is 0. The van der Waals surface area contributed by atoms with Gasteiger partial charge in [0.15, 0.2) is 5.16 Å². The van der Waals surface area contributed by atoms with E-state index >= 15 is 0 Å². The Kier molecular flexibility index (Phi) is 6.13. The number of benzene rings is 3. The first kappa shape index (κ1) is 22.9. The lowest BCUT2D eigenvalue weighted by atomic mass is 10.1. The lowest BCUT2D eigenvalue weighted by Gasteiger charge is -2.14. The normalized spacial score (nSPS) is 11.3. The first-order valence-electron chi connectivity index (χ1n) is 11.3. The van der Waals surface area contributed by atoms with E-state index < -0.39 is 0 Å². The van der Waals surface area contributed by atoms with Crippen molar-refractivity contribution in [2.24, 2.45) is 0 Å². The molecular formula is C27H25N5O2S. The highest BCUT2D eigenvalue weighted by molar-refractivity contribution is 7.99. The second-order valence-electron chi connectivity index (χ2n) is 8.55. The summed E-state index contributed by atoms with van der Waals surface area (Å²) in [6, 6.07) is 21.3. The van der Waals surface area contributed by atoms with E-state index in [1.807, 2.05) is 91.9 Å². The fourth-order valence-corrected chi connectivity index (χ4v) is 4.82. The summed E-state index contributed by atoms with van der Waals surface area (Å²) in [5, 5.41) is 12.8. The van der Waals surface area contributed by atoms with Gasteiger partial charge in [-0.3, -0.25) is 14.0 Å². The topological polar surface area (TPSA) is 81.3 Å². The third-order valence-corrected chi connectivity index (χ3v) is 7.08. The van der Waals surface area contributed by atoms with Crippen molar-refractivity contribution in [1.29, 1.82) is 0 Å². The number of aromatic nitrogens is 4. The van der Waals surface area contributed by atoms with Crippen molar-refractivity contribution in [3.63, 3.8) is 0 Å². The minimum absolute atomic E-state index is 0.0977. The Morgan fingerprint density at radius 2 is 1.71 bits per heavy atom. The summed E-state index contributed by atoms with van der Waals surface area (Å²) in [5.74, 6) is 0.508. The number of hydrogen-bond acceptors (Lipinski definition) is 5. The van der Waals surface area contributed by atoms with E-state index in [1.54, 1.807) is 4.57 Å². The van der Waals surface area contributed by atoms with Gasteiger partial charge in [-0.05, 0) is 55.7 Å². The Morgan fingerprint density at radius 1 is 0.943 bits per heavy atom. The Hall–Kier alpha value is -3.91. The number of carbonyl (C=O) groups excluding carboxylic acids is 1. The molecule has 7 nitrogen and oxygen atoms in total. The van der Waals surface area contributed by atoms with Gasteiger partial charge in [0.05, 0.1) is 22.3 Å². The van der Waals surface area contributed by atoms with Gasteiger partial charge >= 0.3 is 0 Å². The average molecular weight is 484 g/mol. The van der Waals surface area contributed by atoms with E-state index in [1.165, 1.54) is 17.3 Å². The summed E-state index contributed by atoms with van der Waals surface area (Å²) in [4.78, 5) is 26.1. The van der Waals surface area contributed by atoms with Crippen LogP contribution in [0.15, 0.2) is 76.7 Å². The van der Waals surface area contributed by atoms with Crippen LogP contribution in [-0.2, 0) is 11.3 Å². The van der Waals surface area contributed by atoms with Gasteiger partial charge in [-0.25, -0.2) is 4.57 Å². The first-order chi connectivity index (χ1) is 16.9. The van der Waals surface area contributed by atoms with Gasteiger partial charge in [0, 0.05) is 6.54 Å². The number of rotatable bonds is 6. The molecule has 0 spiro atoms. The Bertz CT molecular complexity index is 1620. The maximum absolute atomic E-state index is 13.5. The number of carbonyl (C=O) groups is 1. The van der Waals surface area contributed by atoms with E-state index in [0.717, 1.165) is 22.4 Å². The maximum atomic E-state index is 13.5. The summed E-state index contributed by atoms with van der Waals surface area (Å²) >= 11 is 1.30. The van der Waals surface area contributed by atoms with Crippen molar-refractivity contribution in [3.05, 3.63) is 99.3 Å². The molecule has 0 aliphatic heterocycles.